The van der Waals surface area contributed by atoms with Crippen molar-refractivity contribution in [1.29, 1.82) is 0 Å². The quantitative estimate of drug-likeness (QED) is 0.591. The summed E-state index contributed by atoms with van der Waals surface area (Å²) < 4.78 is 11.0. The zero-order valence-corrected chi connectivity index (χ0v) is 18.7. The fraction of sp³-hybridized carbons (Fsp3) is 0.261. The molecule has 0 radical (unpaired) electrons. The normalized spacial score (nSPS) is 18.4. The second-order valence-electron chi connectivity index (χ2n) is 7.11. The zero-order valence-electron chi connectivity index (χ0n) is 17.2. The van der Waals surface area contributed by atoms with Crippen LogP contribution in [0.2, 0.25) is 10.0 Å². The lowest BCUT2D eigenvalue weighted by Crippen LogP contribution is -2.35. The standard InChI is InChI=1S/C23H21Cl2NO5/c1-12-19(22(27)28)21(20(13(2)26-12)23(29)30-3)15-6-4-5-7-18(15)31-11-14-8-9-16(24)17(25)10-14/h4-10,19,21H,11H2,1-3H3,(H,27,28). The van der Waals surface area contributed by atoms with Gasteiger partial charge in [-0.3, -0.25) is 9.79 Å². The molecule has 2 unspecified atom stereocenters. The molecule has 0 fully saturated rings. The minimum Gasteiger partial charge on any atom is -0.489 e. The molecule has 162 valence electrons. The van der Waals surface area contributed by atoms with Crippen LogP contribution < -0.4 is 4.74 Å². The van der Waals surface area contributed by atoms with Gasteiger partial charge in [0.25, 0.3) is 0 Å². The van der Waals surface area contributed by atoms with E-state index in [0.717, 1.165) is 5.56 Å². The highest BCUT2D eigenvalue weighted by molar-refractivity contribution is 6.42. The van der Waals surface area contributed by atoms with E-state index in [1.165, 1.54) is 7.11 Å². The number of benzene rings is 2. The molecule has 0 saturated heterocycles. The molecule has 2 atom stereocenters. The van der Waals surface area contributed by atoms with E-state index in [9.17, 15) is 14.7 Å². The summed E-state index contributed by atoms with van der Waals surface area (Å²) in [5.41, 5.74) is 2.38. The van der Waals surface area contributed by atoms with Crippen LogP contribution in [0.4, 0.5) is 0 Å². The van der Waals surface area contributed by atoms with Crippen molar-refractivity contribution in [3.8, 4) is 5.75 Å². The second-order valence-corrected chi connectivity index (χ2v) is 7.93. The number of hydrogen-bond donors (Lipinski definition) is 1. The number of halogens is 2. The van der Waals surface area contributed by atoms with Gasteiger partial charge < -0.3 is 14.6 Å². The molecule has 0 aliphatic carbocycles. The number of esters is 1. The number of nitrogens with zero attached hydrogens (tertiary/aromatic N) is 1. The molecule has 1 aliphatic rings. The average molecular weight is 462 g/mol. The van der Waals surface area contributed by atoms with E-state index >= 15 is 0 Å². The van der Waals surface area contributed by atoms with Crippen LogP contribution in [0.3, 0.4) is 0 Å². The molecule has 0 amide bonds. The molecule has 1 aliphatic heterocycles. The highest BCUT2D eigenvalue weighted by Gasteiger charge is 2.42. The first-order chi connectivity index (χ1) is 14.7. The Bertz CT molecular complexity index is 1090. The highest BCUT2D eigenvalue weighted by Crippen LogP contribution is 2.43. The third kappa shape index (κ3) is 4.75. The summed E-state index contributed by atoms with van der Waals surface area (Å²) in [6.45, 7) is 3.49. The maximum atomic E-state index is 12.6. The van der Waals surface area contributed by atoms with E-state index in [2.05, 4.69) is 4.99 Å². The Morgan fingerprint density at radius 2 is 1.81 bits per heavy atom. The molecule has 2 aromatic rings. The minimum absolute atomic E-state index is 0.182. The molecule has 31 heavy (non-hydrogen) atoms. The smallest absolute Gasteiger partial charge is 0.336 e. The Labute approximate surface area is 190 Å². The van der Waals surface area contributed by atoms with Crippen molar-refractivity contribution in [3.63, 3.8) is 0 Å². The number of carboxylic acids is 1. The Morgan fingerprint density at radius 3 is 2.45 bits per heavy atom. The van der Waals surface area contributed by atoms with Crippen LogP contribution in [-0.4, -0.2) is 29.9 Å². The van der Waals surface area contributed by atoms with Crippen molar-refractivity contribution in [2.45, 2.75) is 26.4 Å². The van der Waals surface area contributed by atoms with E-state index in [1.807, 2.05) is 0 Å². The molecular formula is C23H21Cl2NO5. The Balaban J connectivity index is 2.04. The molecule has 8 heteroatoms. The van der Waals surface area contributed by atoms with Gasteiger partial charge in [0.05, 0.1) is 22.7 Å². The van der Waals surface area contributed by atoms with E-state index in [0.29, 0.717) is 32.8 Å². The molecule has 1 N–H and O–H groups in total. The first-order valence-corrected chi connectivity index (χ1v) is 10.2. The number of ether oxygens (including phenoxy) is 2. The topological polar surface area (TPSA) is 85.2 Å². The molecule has 0 saturated carbocycles. The number of carbonyl (C=O) groups excluding carboxylic acids is 1. The summed E-state index contributed by atoms with van der Waals surface area (Å²) in [5.74, 6) is -3.10. The number of rotatable bonds is 6. The Hall–Kier alpha value is -2.83. The van der Waals surface area contributed by atoms with Gasteiger partial charge in [-0.15, -0.1) is 0 Å². The van der Waals surface area contributed by atoms with E-state index < -0.39 is 23.8 Å². The van der Waals surface area contributed by atoms with Gasteiger partial charge >= 0.3 is 11.9 Å². The van der Waals surface area contributed by atoms with Gasteiger partial charge in [-0.2, -0.15) is 0 Å². The van der Waals surface area contributed by atoms with Crippen molar-refractivity contribution in [2.75, 3.05) is 7.11 Å². The average Bonchev–Trinajstić information content (AvgIpc) is 2.73. The summed E-state index contributed by atoms with van der Waals surface area (Å²) in [5, 5.41) is 10.8. The van der Waals surface area contributed by atoms with Crippen molar-refractivity contribution in [3.05, 3.63) is 74.9 Å². The molecule has 2 aromatic carbocycles. The Kier molecular flexibility index (Phi) is 7.03. The first kappa shape index (κ1) is 22.8. The van der Waals surface area contributed by atoms with E-state index in [1.54, 1.807) is 56.3 Å². The van der Waals surface area contributed by atoms with Crippen LogP contribution in [0.15, 0.2) is 58.7 Å². The zero-order chi connectivity index (χ0) is 22.7. The first-order valence-electron chi connectivity index (χ1n) is 9.47. The van der Waals surface area contributed by atoms with Gasteiger partial charge in [0.1, 0.15) is 18.3 Å². The third-order valence-electron chi connectivity index (χ3n) is 5.13. The Morgan fingerprint density at radius 1 is 1.10 bits per heavy atom. The van der Waals surface area contributed by atoms with Crippen LogP contribution in [0, 0.1) is 5.92 Å². The van der Waals surface area contributed by atoms with Gasteiger partial charge in [-0.1, -0.05) is 47.5 Å². The molecular weight excluding hydrogens is 441 g/mol. The fourth-order valence-corrected chi connectivity index (χ4v) is 4.05. The largest absolute Gasteiger partial charge is 0.489 e. The number of hydrogen-bond acceptors (Lipinski definition) is 5. The lowest BCUT2D eigenvalue weighted by atomic mass is 9.75. The van der Waals surface area contributed by atoms with Crippen molar-refractivity contribution in [2.24, 2.45) is 10.9 Å². The minimum atomic E-state index is -1.08. The molecule has 3 rings (SSSR count). The van der Waals surface area contributed by atoms with Crippen LogP contribution >= 0.6 is 23.2 Å². The van der Waals surface area contributed by atoms with Crippen LogP contribution in [0.5, 0.6) is 5.75 Å². The van der Waals surface area contributed by atoms with E-state index in [-0.39, 0.29) is 12.2 Å². The SMILES string of the molecule is COC(=O)C1=C(C)N=C(C)C(C(=O)O)C1c1ccccc1OCc1ccc(Cl)c(Cl)c1. The van der Waals surface area contributed by atoms with Crippen molar-refractivity contribution < 1.29 is 24.2 Å². The second kappa shape index (κ2) is 9.54. The number of carboxylic acid groups (broad SMARTS) is 1. The van der Waals surface area contributed by atoms with Crippen LogP contribution in [0.1, 0.15) is 30.9 Å². The summed E-state index contributed by atoms with van der Waals surface area (Å²) in [7, 11) is 1.26. The van der Waals surface area contributed by atoms with Crippen LogP contribution in [0.25, 0.3) is 0 Å². The van der Waals surface area contributed by atoms with Gasteiger partial charge in [0, 0.05) is 22.9 Å². The van der Waals surface area contributed by atoms with Crippen molar-refractivity contribution >= 4 is 40.9 Å². The third-order valence-corrected chi connectivity index (χ3v) is 5.87. The van der Waals surface area contributed by atoms with Gasteiger partial charge in [-0.25, -0.2) is 4.79 Å². The number of carbonyl (C=O) groups is 2. The molecule has 0 spiro atoms. The van der Waals surface area contributed by atoms with E-state index in [4.69, 9.17) is 32.7 Å². The number of aliphatic imine (C=N–C) groups is 1. The molecule has 6 nitrogen and oxygen atoms in total. The predicted octanol–water partition coefficient (Wildman–Crippen LogP) is 5.28. The summed E-state index contributed by atoms with van der Waals surface area (Å²) in [6, 6.07) is 12.2. The highest BCUT2D eigenvalue weighted by atomic mass is 35.5. The van der Waals surface area contributed by atoms with Gasteiger partial charge in [0.15, 0.2) is 0 Å². The van der Waals surface area contributed by atoms with Gasteiger partial charge in [0.2, 0.25) is 0 Å². The van der Waals surface area contributed by atoms with Crippen molar-refractivity contribution in [1.82, 2.24) is 0 Å². The maximum absolute atomic E-state index is 12.6. The summed E-state index contributed by atoms with van der Waals surface area (Å²) in [4.78, 5) is 29.0. The maximum Gasteiger partial charge on any atom is 0.336 e. The molecule has 0 aromatic heterocycles. The number of aliphatic carboxylic acids is 1. The van der Waals surface area contributed by atoms with Crippen LogP contribution in [-0.2, 0) is 20.9 Å². The number of methoxy groups -OCH3 is 1. The molecule has 1 heterocycles. The summed E-state index contributed by atoms with van der Waals surface area (Å²) >= 11 is 12.0. The number of para-hydroxylation sites is 1. The lowest BCUT2D eigenvalue weighted by Gasteiger charge is -2.31. The number of allylic oxidation sites excluding steroid dienone is 1. The molecule has 0 bridgehead atoms. The lowest BCUT2D eigenvalue weighted by molar-refractivity contribution is -0.140. The predicted molar refractivity (Wildman–Crippen MR) is 119 cm³/mol. The fourth-order valence-electron chi connectivity index (χ4n) is 3.73. The summed E-state index contributed by atoms with van der Waals surface area (Å²) in [6.07, 6.45) is 0. The monoisotopic (exact) mass is 461 g/mol. The van der Waals surface area contributed by atoms with Gasteiger partial charge in [-0.05, 0) is 37.6 Å².